The van der Waals surface area contributed by atoms with Crippen molar-refractivity contribution in [2.45, 2.75) is 17.6 Å². The van der Waals surface area contributed by atoms with Gasteiger partial charge in [0.2, 0.25) is 0 Å². The van der Waals surface area contributed by atoms with Gasteiger partial charge in [0.25, 0.3) is 5.89 Å². The highest BCUT2D eigenvalue weighted by atomic mass is 32.2. The monoisotopic (exact) mass is 287 g/mol. The number of nitrogens with two attached hydrogens (primary N) is 1. The Morgan fingerprint density at radius 1 is 1.30 bits per heavy atom. The van der Waals surface area contributed by atoms with Crippen LogP contribution >= 0.6 is 11.8 Å². The van der Waals surface area contributed by atoms with E-state index in [1.807, 2.05) is 25.1 Å². The normalized spacial score (nSPS) is 10.8. The zero-order chi connectivity index (χ0) is 13.9. The molecule has 2 aromatic heterocycles. The summed E-state index contributed by atoms with van der Waals surface area (Å²) in [6.07, 6.45) is 1.57. The molecule has 102 valence electrons. The quantitative estimate of drug-likeness (QED) is 0.584. The smallest absolute Gasteiger partial charge is 0.293 e. The van der Waals surface area contributed by atoms with E-state index in [1.54, 1.807) is 30.2 Å². The zero-order valence-corrected chi connectivity index (χ0v) is 11.7. The molecule has 0 aliphatic rings. The van der Waals surface area contributed by atoms with E-state index in [4.69, 9.17) is 14.7 Å². The fourth-order valence-electron chi connectivity index (χ4n) is 1.75. The lowest BCUT2D eigenvalue weighted by Gasteiger charge is -2.04. The molecule has 0 spiro atoms. The van der Waals surface area contributed by atoms with Crippen molar-refractivity contribution in [3.8, 4) is 11.7 Å². The van der Waals surface area contributed by atoms with Crippen LogP contribution in [0.15, 0.2) is 50.4 Å². The van der Waals surface area contributed by atoms with Crippen molar-refractivity contribution in [1.82, 2.24) is 10.1 Å². The lowest BCUT2D eigenvalue weighted by atomic mass is 10.2. The molecule has 5 nitrogen and oxygen atoms in total. The number of rotatable bonds is 4. The highest BCUT2D eigenvalue weighted by molar-refractivity contribution is 7.98. The van der Waals surface area contributed by atoms with Crippen molar-refractivity contribution in [3.63, 3.8) is 0 Å². The van der Waals surface area contributed by atoms with Gasteiger partial charge < -0.3 is 14.7 Å². The number of hydrogen-bond donors (Lipinski definition) is 1. The fraction of sp³-hybridized carbons (Fsp3) is 0.143. The maximum atomic E-state index is 5.97. The topological polar surface area (TPSA) is 78.1 Å². The maximum Gasteiger partial charge on any atom is 0.293 e. The Morgan fingerprint density at radius 3 is 2.95 bits per heavy atom. The predicted molar refractivity (Wildman–Crippen MR) is 77.2 cm³/mol. The number of anilines is 1. The molecule has 2 N–H and O–H groups in total. The van der Waals surface area contributed by atoms with Crippen LogP contribution in [-0.4, -0.2) is 10.1 Å². The van der Waals surface area contributed by atoms with Crippen LogP contribution < -0.4 is 5.73 Å². The summed E-state index contributed by atoms with van der Waals surface area (Å²) in [5, 5.41) is 3.93. The Kier molecular flexibility index (Phi) is 3.47. The van der Waals surface area contributed by atoms with E-state index in [0.29, 0.717) is 23.2 Å². The molecule has 3 aromatic rings. The number of hydrogen-bond acceptors (Lipinski definition) is 6. The summed E-state index contributed by atoms with van der Waals surface area (Å²) in [5.74, 6) is 2.17. The Morgan fingerprint density at radius 2 is 2.20 bits per heavy atom. The summed E-state index contributed by atoms with van der Waals surface area (Å²) in [7, 11) is 0. The van der Waals surface area contributed by atoms with Crippen molar-refractivity contribution in [1.29, 1.82) is 0 Å². The summed E-state index contributed by atoms with van der Waals surface area (Å²) in [6, 6.07) is 9.54. The molecule has 0 saturated carbocycles. The fourth-order valence-corrected chi connectivity index (χ4v) is 2.55. The Labute approximate surface area is 120 Å². The van der Waals surface area contributed by atoms with Crippen molar-refractivity contribution in [2.24, 2.45) is 0 Å². The molecule has 2 heterocycles. The molecule has 0 aliphatic heterocycles. The van der Waals surface area contributed by atoms with E-state index in [9.17, 15) is 0 Å². The molecular weight excluding hydrogens is 274 g/mol. The van der Waals surface area contributed by atoms with E-state index in [1.165, 1.54) is 0 Å². The summed E-state index contributed by atoms with van der Waals surface area (Å²) in [4.78, 5) is 5.30. The van der Waals surface area contributed by atoms with Gasteiger partial charge in [-0.2, -0.15) is 4.98 Å². The van der Waals surface area contributed by atoms with E-state index in [2.05, 4.69) is 10.1 Å². The number of nitrogen functional groups attached to an aromatic ring is 1. The molecule has 0 amide bonds. The van der Waals surface area contributed by atoms with Gasteiger partial charge in [-0.05, 0) is 36.8 Å². The Hall–Kier alpha value is -2.21. The number of furan rings is 1. The average molecular weight is 287 g/mol. The minimum atomic E-state index is 0.391. The molecule has 0 aliphatic carbocycles. The molecule has 3 rings (SSSR count). The second kappa shape index (κ2) is 5.42. The van der Waals surface area contributed by atoms with E-state index in [0.717, 1.165) is 16.1 Å². The van der Waals surface area contributed by atoms with Crippen LogP contribution in [0.1, 0.15) is 11.4 Å². The van der Waals surface area contributed by atoms with Crippen LogP contribution in [0.3, 0.4) is 0 Å². The summed E-state index contributed by atoms with van der Waals surface area (Å²) in [5.41, 5.74) is 7.88. The third-order valence-electron chi connectivity index (χ3n) is 2.72. The lowest BCUT2D eigenvalue weighted by molar-refractivity contribution is 0.411. The minimum absolute atomic E-state index is 0.391. The Balaban J connectivity index is 1.70. The van der Waals surface area contributed by atoms with Crippen LogP contribution in [0.4, 0.5) is 5.69 Å². The van der Waals surface area contributed by atoms with Gasteiger partial charge in [0.15, 0.2) is 11.6 Å². The van der Waals surface area contributed by atoms with Crippen molar-refractivity contribution >= 4 is 17.4 Å². The van der Waals surface area contributed by atoms with Crippen LogP contribution in [0.25, 0.3) is 11.7 Å². The van der Waals surface area contributed by atoms with Gasteiger partial charge in [-0.3, -0.25) is 0 Å². The summed E-state index contributed by atoms with van der Waals surface area (Å²) < 4.78 is 10.4. The number of aromatic nitrogens is 2. The molecular formula is C14H13N3O2S. The number of nitrogens with zero attached hydrogens (tertiary/aromatic N) is 2. The van der Waals surface area contributed by atoms with Gasteiger partial charge in [-0.15, -0.1) is 11.8 Å². The van der Waals surface area contributed by atoms with E-state index in [-0.39, 0.29) is 0 Å². The maximum absolute atomic E-state index is 5.97. The zero-order valence-electron chi connectivity index (χ0n) is 10.9. The third kappa shape index (κ3) is 2.70. The molecule has 0 unspecified atom stereocenters. The molecule has 0 saturated heterocycles. The first kappa shape index (κ1) is 12.8. The first-order chi connectivity index (χ1) is 9.72. The summed E-state index contributed by atoms with van der Waals surface area (Å²) >= 11 is 1.58. The van der Waals surface area contributed by atoms with Crippen molar-refractivity contribution < 1.29 is 8.94 Å². The van der Waals surface area contributed by atoms with Gasteiger partial charge in [-0.25, -0.2) is 0 Å². The highest BCUT2D eigenvalue weighted by Gasteiger charge is 2.11. The van der Waals surface area contributed by atoms with Gasteiger partial charge in [0, 0.05) is 10.6 Å². The van der Waals surface area contributed by atoms with Crippen LogP contribution in [0, 0.1) is 6.92 Å². The first-order valence-corrected chi connectivity index (χ1v) is 7.06. The minimum Gasteiger partial charge on any atom is -0.459 e. The van der Waals surface area contributed by atoms with Gasteiger partial charge >= 0.3 is 0 Å². The number of aryl methyl sites for hydroxylation is 1. The Bertz CT molecular complexity index is 707. The largest absolute Gasteiger partial charge is 0.459 e. The second-order valence-electron chi connectivity index (χ2n) is 4.32. The number of thioether (sulfide) groups is 1. The van der Waals surface area contributed by atoms with Gasteiger partial charge in [0.1, 0.15) is 0 Å². The van der Waals surface area contributed by atoms with Gasteiger partial charge in [-0.1, -0.05) is 11.2 Å². The molecule has 1 aromatic carbocycles. The van der Waals surface area contributed by atoms with Gasteiger partial charge in [0.05, 0.1) is 12.0 Å². The van der Waals surface area contributed by atoms with Crippen molar-refractivity contribution in [3.05, 3.63) is 48.0 Å². The van der Waals surface area contributed by atoms with E-state index >= 15 is 0 Å². The molecule has 0 atom stereocenters. The van der Waals surface area contributed by atoms with Crippen LogP contribution in [0.2, 0.25) is 0 Å². The average Bonchev–Trinajstić information content (AvgIpc) is 3.08. The van der Waals surface area contributed by atoms with Crippen molar-refractivity contribution in [2.75, 3.05) is 5.73 Å². The second-order valence-corrected chi connectivity index (χ2v) is 5.34. The SMILES string of the molecule is Cc1ccc(SCc2noc(-c3ccco3)n2)c(N)c1. The molecule has 0 bridgehead atoms. The third-order valence-corrected chi connectivity index (χ3v) is 3.81. The molecule has 0 fully saturated rings. The molecule has 20 heavy (non-hydrogen) atoms. The standard InChI is InChI=1S/C14H13N3O2S/c1-9-4-5-12(10(15)7-9)20-8-13-16-14(19-17-13)11-3-2-6-18-11/h2-7H,8,15H2,1H3. The van der Waals surface area contributed by atoms with E-state index < -0.39 is 0 Å². The lowest BCUT2D eigenvalue weighted by Crippen LogP contribution is -1.90. The highest BCUT2D eigenvalue weighted by Crippen LogP contribution is 2.28. The summed E-state index contributed by atoms with van der Waals surface area (Å²) in [6.45, 7) is 2.01. The first-order valence-electron chi connectivity index (χ1n) is 6.08. The van der Waals surface area contributed by atoms with Crippen LogP contribution in [0.5, 0.6) is 0 Å². The predicted octanol–water partition coefficient (Wildman–Crippen LogP) is 3.51. The van der Waals surface area contributed by atoms with Crippen LogP contribution in [-0.2, 0) is 5.75 Å². The molecule has 6 heteroatoms. The molecule has 0 radical (unpaired) electrons. The number of benzene rings is 1.